The molecule has 0 saturated carbocycles. The SMILES string of the molecule is CC(=O)NC1OC(CO)[C@@H](O[C@@H]2OC(CO)[C@H](O)C(O[C@@H]3OC(CO)[C@@H](OC4OC(CO)[C@H](O)C(OC5OC(CO)[C@H](O)C(O)C5O)C4O)C(O)C3N)C2O)C(O)C1O. The van der Waals surface area contributed by atoms with E-state index in [1.807, 2.05) is 0 Å². The van der Waals surface area contributed by atoms with Crippen LogP contribution in [0.3, 0.4) is 0 Å². The van der Waals surface area contributed by atoms with Crippen molar-refractivity contribution in [1.29, 1.82) is 0 Å². The van der Waals surface area contributed by atoms with Crippen LogP contribution in [-0.2, 0) is 47.4 Å². The molecule has 25 atom stereocenters. The Labute approximate surface area is 334 Å². The van der Waals surface area contributed by atoms with Gasteiger partial charge in [0, 0.05) is 6.92 Å². The predicted octanol–water partition coefficient (Wildman–Crippen LogP) is -11.8. The van der Waals surface area contributed by atoms with Crippen LogP contribution in [0, 0.1) is 0 Å². The number of nitrogens with one attached hydrogen (secondary N) is 1. The zero-order valence-electron chi connectivity index (χ0n) is 31.3. The minimum Gasteiger partial charge on any atom is -0.394 e. The Balaban J connectivity index is 1.28. The maximum absolute atomic E-state index is 11.5. The Hall–Kier alpha value is -1.53. The number of hydrogen-bond acceptors (Lipinski definition) is 26. The van der Waals surface area contributed by atoms with E-state index in [1.54, 1.807) is 0 Å². The topological polar surface area (TPSA) is 442 Å². The van der Waals surface area contributed by atoms with E-state index < -0.39 is 192 Å². The zero-order chi connectivity index (χ0) is 43.6. The maximum Gasteiger partial charge on any atom is 0.218 e. The van der Waals surface area contributed by atoms with Gasteiger partial charge < -0.3 is 130 Å². The summed E-state index contributed by atoms with van der Waals surface area (Å²) < 4.78 is 50.3. The van der Waals surface area contributed by atoms with Crippen molar-refractivity contribution in [2.24, 2.45) is 5.73 Å². The molecule has 0 spiro atoms. The van der Waals surface area contributed by atoms with Gasteiger partial charge in [0.15, 0.2) is 31.4 Å². The summed E-state index contributed by atoms with van der Waals surface area (Å²) >= 11 is 0. The van der Waals surface area contributed by atoms with E-state index in [1.165, 1.54) is 0 Å². The molecule has 5 fully saturated rings. The van der Waals surface area contributed by atoms with Crippen LogP contribution >= 0.6 is 0 Å². The molecule has 5 aliphatic heterocycles. The highest BCUT2D eigenvalue weighted by molar-refractivity contribution is 5.73. The van der Waals surface area contributed by atoms with Crippen LogP contribution in [0.1, 0.15) is 6.92 Å². The van der Waals surface area contributed by atoms with Gasteiger partial charge in [-0.15, -0.1) is 0 Å². The molecule has 27 nitrogen and oxygen atoms in total. The lowest BCUT2D eigenvalue weighted by atomic mass is 9.94. The summed E-state index contributed by atoms with van der Waals surface area (Å²) in [6.07, 6.45) is -42.6. The fraction of sp³-hybridized carbons (Fsp3) is 0.969. The van der Waals surface area contributed by atoms with Crippen molar-refractivity contribution in [3.05, 3.63) is 0 Å². The minimum atomic E-state index is -2.05. The molecule has 0 radical (unpaired) electrons. The second-order valence-electron chi connectivity index (χ2n) is 14.8. The number of aliphatic hydroxyl groups excluding tert-OH is 15. The summed E-state index contributed by atoms with van der Waals surface area (Å²) in [5, 5.41) is 160. The van der Waals surface area contributed by atoms with Crippen molar-refractivity contribution in [2.75, 3.05) is 33.0 Å². The second-order valence-corrected chi connectivity index (χ2v) is 14.8. The van der Waals surface area contributed by atoms with Crippen molar-refractivity contribution >= 4 is 5.91 Å². The van der Waals surface area contributed by atoms with Gasteiger partial charge in [-0.25, -0.2) is 0 Å². The molecular weight excluding hydrogens is 812 g/mol. The Kier molecular flexibility index (Phi) is 17.1. The van der Waals surface area contributed by atoms with E-state index in [9.17, 15) is 81.4 Å². The van der Waals surface area contributed by atoms with Gasteiger partial charge in [0.05, 0.1) is 39.1 Å². The highest BCUT2D eigenvalue weighted by Crippen LogP contribution is 2.35. The number of nitrogens with two attached hydrogens (primary N) is 1. The molecule has 0 aromatic heterocycles. The first kappa shape index (κ1) is 48.5. The van der Waals surface area contributed by atoms with Crippen LogP contribution in [0.25, 0.3) is 0 Å². The summed E-state index contributed by atoms with van der Waals surface area (Å²) in [4.78, 5) is 11.5. The summed E-state index contributed by atoms with van der Waals surface area (Å²) in [7, 11) is 0. The molecule has 27 heteroatoms. The van der Waals surface area contributed by atoms with Gasteiger partial charge >= 0.3 is 0 Å². The maximum atomic E-state index is 11.5. The second kappa shape index (κ2) is 20.8. The molecule has 5 saturated heterocycles. The lowest BCUT2D eigenvalue weighted by molar-refractivity contribution is -0.384. The smallest absolute Gasteiger partial charge is 0.218 e. The fourth-order valence-electron chi connectivity index (χ4n) is 7.40. The van der Waals surface area contributed by atoms with Crippen molar-refractivity contribution in [3.8, 4) is 0 Å². The van der Waals surface area contributed by atoms with Gasteiger partial charge in [0.1, 0.15) is 116 Å². The fourth-order valence-corrected chi connectivity index (χ4v) is 7.40. The molecule has 59 heavy (non-hydrogen) atoms. The van der Waals surface area contributed by atoms with Crippen LogP contribution < -0.4 is 11.1 Å². The number of carbonyl (C=O) groups is 1. The van der Waals surface area contributed by atoms with Crippen LogP contribution in [0.5, 0.6) is 0 Å². The Morgan fingerprint density at radius 3 is 1.27 bits per heavy atom. The molecular formula is C32H56N2O25. The zero-order valence-corrected chi connectivity index (χ0v) is 31.3. The average molecular weight is 869 g/mol. The van der Waals surface area contributed by atoms with Crippen LogP contribution in [0.15, 0.2) is 0 Å². The van der Waals surface area contributed by atoms with Crippen LogP contribution in [0.4, 0.5) is 0 Å². The first-order valence-electron chi connectivity index (χ1n) is 18.7. The summed E-state index contributed by atoms with van der Waals surface area (Å²) in [5.41, 5.74) is 6.25. The van der Waals surface area contributed by atoms with E-state index in [2.05, 4.69) is 5.32 Å². The van der Waals surface area contributed by atoms with E-state index in [0.29, 0.717) is 0 Å². The predicted molar refractivity (Wildman–Crippen MR) is 180 cm³/mol. The number of rotatable bonds is 14. The highest BCUT2D eigenvalue weighted by atomic mass is 16.8. The lowest BCUT2D eigenvalue weighted by Gasteiger charge is -2.50. The molecule has 0 aromatic rings. The van der Waals surface area contributed by atoms with Gasteiger partial charge in [-0.1, -0.05) is 0 Å². The Morgan fingerprint density at radius 2 is 0.814 bits per heavy atom. The average Bonchev–Trinajstić information content (AvgIpc) is 3.21. The molecule has 5 heterocycles. The normalized spacial score (nSPS) is 51.0. The third-order valence-corrected chi connectivity index (χ3v) is 10.8. The van der Waals surface area contributed by atoms with Gasteiger partial charge in [-0.3, -0.25) is 4.79 Å². The van der Waals surface area contributed by atoms with Gasteiger partial charge in [0.2, 0.25) is 5.91 Å². The number of carbonyl (C=O) groups excluding carboxylic acids is 1. The Morgan fingerprint density at radius 1 is 0.441 bits per heavy atom. The van der Waals surface area contributed by atoms with Gasteiger partial charge in [-0.05, 0) is 0 Å². The highest BCUT2D eigenvalue weighted by Gasteiger charge is 2.56. The Bertz CT molecular complexity index is 1320. The van der Waals surface area contributed by atoms with Crippen molar-refractivity contribution in [2.45, 2.75) is 160 Å². The quantitative estimate of drug-likeness (QED) is 0.0770. The number of amides is 1. The molecule has 0 aromatic carbocycles. The molecule has 344 valence electrons. The first-order valence-corrected chi connectivity index (χ1v) is 18.7. The van der Waals surface area contributed by atoms with E-state index >= 15 is 0 Å². The molecule has 18 unspecified atom stereocenters. The van der Waals surface area contributed by atoms with E-state index in [-0.39, 0.29) is 0 Å². The number of aliphatic hydroxyl groups is 15. The van der Waals surface area contributed by atoms with Crippen molar-refractivity contribution in [3.63, 3.8) is 0 Å². The van der Waals surface area contributed by atoms with Crippen molar-refractivity contribution in [1.82, 2.24) is 5.32 Å². The van der Waals surface area contributed by atoms with E-state index in [0.717, 1.165) is 6.92 Å². The standard InChI is InChI=1S/C32H56N2O25/c1-7(40)34-28-20(47)19(46)25(11(5-38)51-28)57-32-22(49)26(15(42)9(3-36)54-32)58-29-13(33)17(44)24(12(6-39)55-29)56-31-23(50)27(16(43)10(4-37)53-31)59-30-21(48)18(45)14(41)8(2-35)52-30/h8-32,35-39,41-50H,2-6,33H2,1H3,(H,34,40)/t8?,9?,10?,11?,12?,13?,14-,15-,16-,17?,18?,19?,20?,21?,22?,23?,24+,25+,26?,27?,28?,29-,30?,31?,32-/m0/s1. The molecule has 5 rings (SSSR count). The minimum absolute atomic E-state index is 0.638. The third-order valence-electron chi connectivity index (χ3n) is 10.8. The molecule has 0 bridgehead atoms. The van der Waals surface area contributed by atoms with Gasteiger partial charge in [-0.2, -0.15) is 0 Å². The molecule has 5 aliphatic rings. The van der Waals surface area contributed by atoms with E-state index in [4.69, 9.17) is 48.4 Å². The molecule has 0 aliphatic carbocycles. The monoisotopic (exact) mass is 868 g/mol. The largest absolute Gasteiger partial charge is 0.394 e. The molecule has 1 amide bonds. The number of hydrogen-bond donors (Lipinski definition) is 17. The lowest BCUT2D eigenvalue weighted by Crippen LogP contribution is -2.69. The summed E-state index contributed by atoms with van der Waals surface area (Å²) in [6, 6.07) is -1.67. The van der Waals surface area contributed by atoms with Crippen molar-refractivity contribution < 1.29 is 124 Å². The van der Waals surface area contributed by atoms with Gasteiger partial charge in [0.25, 0.3) is 0 Å². The molecule has 18 N–H and O–H groups in total. The third kappa shape index (κ3) is 10.2. The number of ether oxygens (including phenoxy) is 9. The summed E-state index contributed by atoms with van der Waals surface area (Å²) in [6.45, 7) is -3.32. The first-order chi connectivity index (χ1) is 27.9. The van der Waals surface area contributed by atoms with Crippen LogP contribution in [0.2, 0.25) is 0 Å². The summed E-state index contributed by atoms with van der Waals surface area (Å²) in [5.74, 6) is -0.638. The van der Waals surface area contributed by atoms with Crippen LogP contribution in [-0.4, -0.2) is 269 Å².